The van der Waals surface area contributed by atoms with Gasteiger partial charge in [-0.1, -0.05) is 6.92 Å². The van der Waals surface area contributed by atoms with E-state index in [0.29, 0.717) is 30.0 Å². The lowest BCUT2D eigenvalue weighted by molar-refractivity contribution is -0.124. The average Bonchev–Trinajstić information content (AvgIpc) is 3.25. The number of alkyl halides is 1. The molecule has 188 valence electrons. The van der Waals surface area contributed by atoms with Crippen molar-refractivity contribution in [2.45, 2.75) is 113 Å². The van der Waals surface area contributed by atoms with Gasteiger partial charge < -0.3 is 16.0 Å². The molecule has 5 fully saturated rings. The zero-order valence-corrected chi connectivity index (χ0v) is 21.0. The Morgan fingerprint density at radius 1 is 0.909 bits per heavy atom. The minimum absolute atomic E-state index is 0.0423. The molecule has 2 saturated carbocycles. The molecule has 0 radical (unpaired) electrons. The molecule has 33 heavy (non-hydrogen) atoms. The number of amides is 1. The number of carbonyl (C=O) groups is 1. The van der Waals surface area contributed by atoms with Crippen molar-refractivity contribution < 1.29 is 4.79 Å². The summed E-state index contributed by atoms with van der Waals surface area (Å²) >= 11 is 6.38. The van der Waals surface area contributed by atoms with E-state index in [1.54, 1.807) is 0 Å². The van der Waals surface area contributed by atoms with E-state index in [0.717, 1.165) is 64.0 Å². The number of hydrogen-bond acceptors (Lipinski definition) is 6. The molecular weight excluding hydrogens is 436 g/mol. The molecule has 3 heterocycles. The van der Waals surface area contributed by atoms with Crippen molar-refractivity contribution in [3.05, 3.63) is 0 Å². The summed E-state index contributed by atoms with van der Waals surface area (Å²) in [6.45, 7) is 5.72. The van der Waals surface area contributed by atoms with Crippen LogP contribution in [0, 0.1) is 17.8 Å². The fraction of sp³-hybridized carbons (Fsp3) is 0.960. The number of hydrogen-bond donors (Lipinski definition) is 6. The SMILES string of the molecule is CC1CCC(NC(=O)C2CC3CC(Cl)CCC3N2)CC1NC1NCCC(C2CCCNC2)N1. The van der Waals surface area contributed by atoms with Gasteiger partial charge in [-0.25, -0.2) is 0 Å². The third kappa shape index (κ3) is 6.04. The minimum atomic E-state index is -0.0423. The Morgan fingerprint density at radius 3 is 2.64 bits per heavy atom. The van der Waals surface area contributed by atoms with Gasteiger partial charge in [0.1, 0.15) is 6.29 Å². The van der Waals surface area contributed by atoms with E-state index in [4.69, 9.17) is 11.6 Å². The summed E-state index contributed by atoms with van der Waals surface area (Å²) in [5.41, 5.74) is 0. The van der Waals surface area contributed by atoms with E-state index in [-0.39, 0.29) is 29.7 Å². The molecule has 8 heteroatoms. The van der Waals surface area contributed by atoms with Gasteiger partial charge in [-0.05, 0) is 102 Å². The Hall–Kier alpha value is -0.440. The third-order valence-corrected chi connectivity index (χ3v) is 9.60. The van der Waals surface area contributed by atoms with E-state index < -0.39 is 0 Å². The summed E-state index contributed by atoms with van der Waals surface area (Å²) < 4.78 is 0. The molecule has 6 N–H and O–H groups in total. The van der Waals surface area contributed by atoms with E-state index in [9.17, 15) is 4.79 Å². The molecule has 10 unspecified atom stereocenters. The van der Waals surface area contributed by atoms with Crippen LogP contribution in [0.4, 0.5) is 0 Å². The van der Waals surface area contributed by atoms with Gasteiger partial charge in [0.2, 0.25) is 5.91 Å². The maximum absolute atomic E-state index is 13.1. The highest BCUT2D eigenvalue weighted by Gasteiger charge is 2.41. The maximum Gasteiger partial charge on any atom is 0.237 e. The van der Waals surface area contributed by atoms with Crippen molar-refractivity contribution in [1.29, 1.82) is 0 Å². The van der Waals surface area contributed by atoms with Gasteiger partial charge >= 0.3 is 0 Å². The highest BCUT2D eigenvalue weighted by atomic mass is 35.5. The molecular formula is C25H45ClN6O. The number of halogens is 1. The summed E-state index contributed by atoms with van der Waals surface area (Å²) in [5.74, 6) is 2.12. The summed E-state index contributed by atoms with van der Waals surface area (Å²) in [6.07, 6.45) is 11.4. The number of fused-ring (bicyclic) bond motifs is 1. The standard InChI is InChI=1S/C25H45ClN6O/c1-15-4-6-19(29-24(33)23-12-17-11-18(26)5-7-20(17)30-23)13-22(15)32-25-28-10-8-21(31-25)16-3-2-9-27-14-16/h15-23,25,27-28,30-32H,2-14H2,1H3,(H,29,33). The second-order valence-corrected chi connectivity index (χ2v) is 12.2. The normalized spacial score (nSPS) is 46.5. The van der Waals surface area contributed by atoms with Crippen molar-refractivity contribution >= 4 is 17.5 Å². The molecule has 3 saturated heterocycles. The first-order chi connectivity index (χ1) is 16.0. The van der Waals surface area contributed by atoms with Crippen molar-refractivity contribution in [3.63, 3.8) is 0 Å². The summed E-state index contributed by atoms with van der Waals surface area (Å²) in [6, 6.07) is 1.69. The number of carbonyl (C=O) groups excluding carboxylic acids is 1. The summed E-state index contributed by atoms with van der Waals surface area (Å²) in [4.78, 5) is 13.1. The fourth-order valence-electron chi connectivity index (χ4n) is 7.14. The van der Waals surface area contributed by atoms with Gasteiger partial charge in [-0.15, -0.1) is 11.6 Å². The predicted molar refractivity (Wildman–Crippen MR) is 133 cm³/mol. The van der Waals surface area contributed by atoms with Crippen LogP contribution < -0.4 is 31.9 Å². The van der Waals surface area contributed by atoms with Crippen LogP contribution in [0.2, 0.25) is 0 Å². The number of nitrogens with one attached hydrogen (secondary N) is 6. The summed E-state index contributed by atoms with van der Waals surface area (Å²) in [7, 11) is 0. The van der Waals surface area contributed by atoms with Crippen LogP contribution >= 0.6 is 11.6 Å². The molecule has 2 aliphatic carbocycles. The molecule has 0 spiro atoms. The van der Waals surface area contributed by atoms with Crippen LogP contribution in [0.1, 0.15) is 71.1 Å². The lowest BCUT2D eigenvalue weighted by Crippen LogP contribution is -2.66. The van der Waals surface area contributed by atoms with Gasteiger partial charge in [0.15, 0.2) is 0 Å². The Labute approximate surface area is 204 Å². The quantitative estimate of drug-likeness (QED) is 0.335. The van der Waals surface area contributed by atoms with E-state index >= 15 is 0 Å². The zero-order chi connectivity index (χ0) is 22.8. The second kappa shape index (κ2) is 11.1. The number of rotatable bonds is 5. The largest absolute Gasteiger partial charge is 0.352 e. The predicted octanol–water partition coefficient (Wildman–Crippen LogP) is 1.62. The van der Waals surface area contributed by atoms with Gasteiger partial charge in [-0.2, -0.15) is 0 Å². The molecule has 5 rings (SSSR count). The van der Waals surface area contributed by atoms with Gasteiger partial charge in [0, 0.05) is 29.5 Å². The van der Waals surface area contributed by atoms with Crippen LogP contribution in [-0.4, -0.2) is 67.4 Å². The average molecular weight is 481 g/mol. The highest BCUT2D eigenvalue weighted by Crippen LogP contribution is 2.36. The van der Waals surface area contributed by atoms with Crippen LogP contribution in [0.5, 0.6) is 0 Å². The zero-order valence-electron chi connectivity index (χ0n) is 20.3. The summed E-state index contributed by atoms with van der Waals surface area (Å²) in [5, 5.41) is 22.2. The minimum Gasteiger partial charge on any atom is -0.352 e. The number of piperidine rings is 1. The first-order valence-corrected chi connectivity index (χ1v) is 14.2. The first-order valence-electron chi connectivity index (χ1n) is 13.7. The molecule has 3 aliphatic heterocycles. The van der Waals surface area contributed by atoms with E-state index in [2.05, 4.69) is 38.8 Å². The molecule has 10 atom stereocenters. The first kappa shape index (κ1) is 24.3. The molecule has 0 aromatic carbocycles. The highest BCUT2D eigenvalue weighted by molar-refractivity contribution is 6.20. The lowest BCUT2D eigenvalue weighted by atomic mass is 9.82. The molecule has 0 aromatic rings. The van der Waals surface area contributed by atoms with Crippen molar-refractivity contribution in [3.8, 4) is 0 Å². The van der Waals surface area contributed by atoms with Crippen molar-refractivity contribution in [1.82, 2.24) is 31.9 Å². The van der Waals surface area contributed by atoms with E-state index in [1.165, 1.54) is 25.8 Å². The Morgan fingerprint density at radius 2 is 1.79 bits per heavy atom. The smallest absolute Gasteiger partial charge is 0.237 e. The topological polar surface area (TPSA) is 89.2 Å². The molecule has 1 amide bonds. The van der Waals surface area contributed by atoms with E-state index in [1.807, 2.05) is 0 Å². The fourth-order valence-corrected chi connectivity index (χ4v) is 7.50. The molecule has 0 aromatic heterocycles. The van der Waals surface area contributed by atoms with Crippen LogP contribution in [0.15, 0.2) is 0 Å². The third-order valence-electron chi connectivity index (χ3n) is 9.20. The van der Waals surface area contributed by atoms with Gasteiger partial charge in [0.25, 0.3) is 0 Å². The monoisotopic (exact) mass is 480 g/mol. The second-order valence-electron chi connectivity index (χ2n) is 11.6. The van der Waals surface area contributed by atoms with Gasteiger partial charge in [0.05, 0.1) is 6.04 Å². The molecule has 7 nitrogen and oxygen atoms in total. The van der Waals surface area contributed by atoms with Gasteiger partial charge in [-0.3, -0.25) is 20.7 Å². The van der Waals surface area contributed by atoms with Crippen LogP contribution in [0.25, 0.3) is 0 Å². The molecule has 0 bridgehead atoms. The Balaban J connectivity index is 1.10. The Kier molecular flexibility index (Phi) is 8.15. The Bertz CT molecular complexity index is 661. The van der Waals surface area contributed by atoms with Crippen LogP contribution in [-0.2, 0) is 4.79 Å². The van der Waals surface area contributed by atoms with Crippen LogP contribution in [0.3, 0.4) is 0 Å². The molecule has 5 aliphatic rings. The van der Waals surface area contributed by atoms with Crippen molar-refractivity contribution in [2.75, 3.05) is 19.6 Å². The lowest BCUT2D eigenvalue weighted by Gasteiger charge is -2.42. The van der Waals surface area contributed by atoms with Crippen molar-refractivity contribution in [2.24, 2.45) is 17.8 Å². The maximum atomic E-state index is 13.1.